The minimum Gasteiger partial charge on any atom is -0.438 e. The number of nitrogens with zero attached hydrogens (tertiary/aromatic N) is 4. The van der Waals surface area contributed by atoms with Gasteiger partial charge in [-0.3, -0.25) is 4.72 Å². The normalized spacial score (nSPS) is 11.3. The van der Waals surface area contributed by atoms with Crippen LogP contribution in [0.3, 0.4) is 0 Å². The summed E-state index contributed by atoms with van der Waals surface area (Å²) in [6.07, 6.45) is 0. The molecule has 0 radical (unpaired) electrons. The Balaban J connectivity index is 1.39. The van der Waals surface area contributed by atoms with Gasteiger partial charge in [-0.2, -0.15) is 5.10 Å². The van der Waals surface area contributed by atoms with Gasteiger partial charge in [0, 0.05) is 17.4 Å². The van der Waals surface area contributed by atoms with Gasteiger partial charge in [-0.05, 0) is 67.9 Å². The highest BCUT2D eigenvalue weighted by molar-refractivity contribution is 7.91. The molecule has 0 spiro atoms. The fourth-order valence-corrected chi connectivity index (χ4v) is 4.27. The van der Waals surface area contributed by atoms with Gasteiger partial charge in [0.05, 0.1) is 11.4 Å². The zero-order chi connectivity index (χ0) is 22.7. The highest BCUT2D eigenvalue weighted by Crippen LogP contribution is 2.23. The Morgan fingerprint density at radius 2 is 1.69 bits per heavy atom. The minimum atomic E-state index is -3.65. The smallest absolute Gasteiger partial charge is 0.238 e. The molecule has 0 atom stereocenters. The monoisotopic (exact) mass is 453 g/mol. The summed E-state index contributed by atoms with van der Waals surface area (Å²) in [6, 6.07) is 17.1. The second kappa shape index (κ2) is 8.75. The summed E-state index contributed by atoms with van der Waals surface area (Å²) in [6.45, 7) is 3.84. The van der Waals surface area contributed by atoms with E-state index in [9.17, 15) is 12.8 Å². The first kappa shape index (κ1) is 21.4. The summed E-state index contributed by atoms with van der Waals surface area (Å²) in [4.78, 5) is 0. The molecule has 0 aliphatic carbocycles. The van der Waals surface area contributed by atoms with Crippen LogP contribution >= 0.6 is 0 Å². The Hall–Kier alpha value is -3.79. The molecule has 0 aliphatic rings. The number of hydrogen-bond acceptors (Lipinski definition) is 6. The molecule has 1 N–H and O–H groups in total. The minimum absolute atomic E-state index is 0.261. The molecular formula is C22H20FN5O3S. The highest BCUT2D eigenvalue weighted by atomic mass is 32.2. The van der Waals surface area contributed by atoms with Crippen LogP contribution in [0.1, 0.15) is 17.0 Å². The molecule has 32 heavy (non-hydrogen) atoms. The Kier molecular flexibility index (Phi) is 5.87. The van der Waals surface area contributed by atoms with Crippen molar-refractivity contribution in [3.63, 3.8) is 0 Å². The molecule has 0 bridgehead atoms. The first-order valence-corrected chi connectivity index (χ1v) is 11.3. The van der Waals surface area contributed by atoms with Crippen molar-refractivity contribution in [2.24, 2.45) is 0 Å². The molecule has 0 amide bonds. The van der Waals surface area contributed by atoms with Crippen LogP contribution in [0.4, 0.5) is 10.1 Å². The number of aromatic nitrogens is 4. The molecule has 0 unspecified atom stereocenters. The zero-order valence-corrected chi connectivity index (χ0v) is 18.2. The van der Waals surface area contributed by atoms with Gasteiger partial charge in [-0.1, -0.05) is 12.1 Å². The number of nitrogens with one attached hydrogen (secondary N) is 1. The molecule has 0 fully saturated rings. The van der Waals surface area contributed by atoms with Crippen molar-refractivity contribution in [2.45, 2.75) is 19.6 Å². The molecular weight excluding hydrogens is 433 g/mol. The van der Waals surface area contributed by atoms with E-state index in [4.69, 9.17) is 4.74 Å². The third-order valence-corrected chi connectivity index (χ3v) is 5.73. The van der Waals surface area contributed by atoms with Crippen molar-refractivity contribution in [1.82, 2.24) is 20.0 Å². The number of rotatable bonds is 7. The predicted molar refractivity (Wildman–Crippen MR) is 118 cm³/mol. The predicted octanol–water partition coefficient (Wildman–Crippen LogP) is 4.15. The molecule has 8 nitrogen and oxygen atoms in total. The zero-order valence-electron chi connectivity index (χ0n) is 17.4. The van der Waals surface area contributed by atoms with E-state index in [0.29, 0.717) is 28.7 Å². The molecule has 4 aromatic rings. The standard InChI is InChI=1S/C22H20FN5O3S/c1-15-13-16(2)28(26-15)21-11-12-22(25-24-21)31-20-9-7-19(8-10-20)27-32(29,30)14-17-3-5-18(23)6-4-17/h3-13,27H,14H2,1-2H3. The Bertz CT molecular complexity index is 1320. The summed E-state index contributed by atoms with van der Waals surface area (Å²) in [5, 5.41) is 12.6. The van der Waals surface area contributed by atoms with E-state index in [0.717, 1.165) is 11.4 Å². The lowest BCUT2D eigenvalue weighted by atomic mass is 10.2. The fraction of sp³-hybridized carbons (Fsp3) is 0.136. The maximum Gasteiger partial charge on any atom is 0.238 e. The van der Waals surface area contributed by atoms with Crippen LogP contribution in [0.25, 0.3) is 5.82 Å². The van der Waals surface area contributed by atoms with Gasteiger partial charge in [0.25, 0.3) is 0 Å². The lowest BCUT2D eigenvalue weighted by Crippen LogP contribution is -2.15. The van der Waals surface area contributed by atoms with Gasteiger partial charge < -0.3 is 4.74 Å². The van der Waals surface area contributed by atoms with Crippen LogP contribution in [0.5, 0.6) is 11.6 Å². The van der Waals surface area contributed by atoms with Crippen LogP contribution in [0.15, 0.2) is 66.7 Å². The quantitative estimate of drug-likeness (QED) is 0.451. The molecule has 10 heteroatoms. The van der Waals surface area contributed by atoms with Gasteiger partial charge in [0.1, 0.15) is 11.6 Å². The summed E-state index contributed by atoms with van der Waals surface area (Å²) < 4.78 is 47.5. The van der Waals surface area contributed by atoms with Gasteiger partial charge in [0.2, 0.25) is 15.9 Å². The second-order valence-electron chi connectivity index (χ2n) is 7.18. The van der Waals surface area contributed by atoms with E-state index >= 15 is 0 Å². The van der Waals surface area contributed by atoms with E-state index in [1.807, 2.05) is 19.9 Å². The Morgan fingerprint density at radius 3 is 2.28 bits per heavy atom. The molecule has 2 aromatic carbocycles. The largest absolute Gasteiger partial charge is 0.438 e. The third kappa shape index (κ3) is 5.27. The van der Waals surface area contributed by atoms with E-state index < -0.39 is 15.8 Å². The average Bonchev–Trinajstić information content (AvgIpc) is 3.09. The van der Waals surface area contributed by atoms with Crippen molar-refractivity contribution >= 4 is 15.7 Å². The first-order chi connectivity index (χ1) is 15.3. The average molecular weight is 453 g/mol. The SMILES string of the molecule is Cc1cc(C)n(-c2ccc(Oc3ccc(NS(=O)(=O)Cc4ccc(F)cc4)cc3)nn2)n1. The lowest BCUT2D eigenvalue weighted by Gasteiger charge is -2.10. The van der Waals surface area contributed by atoms with E-state index in [-0.39, 0.29) is 5.75 Å². The van der Waals surface area contributed by atoms with Crippen LogP contribution in [0.2, 0.25) is 0 Å². The van der Waals surface area contributed by atoms with Crippen LogP contribution < -0.4 is 9.46 Å². The number of benzene rings is 2. The molecule has 164 valence electrons. The van der Waals surface area contributed by atoms with Gasteiger partial charge >= 0.3 is 0 Å². The summed E-state index contributed by atoms with van der Waals surface area (Å²) in [7, 11) is -3.65. The topological polar surface area (TPSA) is 99.0 Å². The number of aryl methyl sites for hydroxylation is 2. The second-order valence-corrected chi connectivity index (χ2v) is 8.91. The summed E-state index contributed by atoms with van der Waals surface area (Å²) >= 11 is 0. The first-order valence-electron chi connectivity index (χ1n) is 9.68. The van der Waals surface area contributed by atoms with Crippen molar-refractivity contribution in [2.75, 3.05) is 4.72 Å². The van der Waals surface area contributed by atoms with Gasteiger partial charge in [-0.15, -0.1) is 10.2 Å². The Labute approximate surface area is 184 Å². The molecule has 0 saturated heterocycles. The fourth-order valence-electron chi connectivity index (χ4n) is 3.07. The van der Waals surface area contributed by atoms with Crippen molar-refractivity contribution in [3.8, 4) is 17.4 Å². The molecule has 0 saturated carbocycles. The van der Waals surface area contributed by atoms with E-state index in [1.165, 1.54) is 24.3 Å². The third-order valence-electron chi connectivity index (χ3n) is 4.47. The molecule has 2 heterocycles. The van der Waals surface area contributed by atoms with E-state index in [2.05, 4.69) is 20.0 Å². The lowest BCUT2D eigenvalue weighted by molar-refractivity contribution is 0.454. The van der Waals surface area contributed by atoms with Crippen molar-refractivity contribution in [1.29, 1.82) is 0 Å². The molecule has 2 aromatic heterocycles. The van der Waals surface area contributed by atoms with Gasteiger partial charge in [0.15, 0.2) is 5.82 Å². The maximum atomic E-state index is 13.0. The number of anilines is 1. The van der Waals surface area contributed by atoms with Gasteiger partial charge in [-0.25, -0.2) is 17.5 Å². The summed E-state index contributed by atoms with van der Waals surface area (Å²) in [5.41, 5.74) is 2.70. The number of hydrogen-bond donors (Lipinski definition) is 1. The van der Waals surface area contributed by atoms with Crippen molar-refractivity contribution < 1.29 is 17.5 Å². The number of halogens is 1. The maximum absolute atomic E-state index is 13.0. The van der Waals surface area contributed by atoms with Crippen LogP contribution in [-0.2, 0) is 15.8 Å². The Morgan fingerprint density at radius 1 is 0.969 bits per heavy atom. The number of sulfonamides is 1. The highest BCUT2D eigenvalue weighted by Gasteiger charge is 2.12. The summed E-state index contributed by atoms with van der Waals surface area (Å²) in [5.74, 6) is 0.664. The van der Waals surface area contributed by atoms with Crippen LogP contribution in [-0.4, -0.2) is 28.4 Å². The molecule has 4 rings (SSSR count). The molecule has 0 aliphatic heterocycles. The number of ether oxygens (including phenoxy) is 1. The van der Waals surface area contributed by atoms with Crippen LogP contribution in [0, 0.1) is 19.7 Å². The van der Waals surface area contributed by atoms with Crippen molar-refractivity contribution in [3.05, 3.63) is 89.5 Å². The van der Waals surface area contributed by atoms with E-state index in [1.54, 1.807) is 41.1 Å².